The third kappa shape index (κ3) is 8.24. The molecule has 2 fully saturated rings. The second-order valence-corrected chi connectivity index (χ2v) is 10.7. The maximum absolute atomic E-state index is 14.0. The normalized spacial score (nSPS) is 25.9. The zero-order valence-corrected chi connectivity index (χ0v) is 20.6. The van der Waals surface area contributed by atoms with E-state index in [0.29, 0.717) is 11.5 Å². The van der Waals surface area contributed by atoms with Gasteiger partial charge in [-0.2, -0.15) is 5.26 Å². The number of hydrogen-bond acceptors (Lipinski definition) is 1. The average Bonchev–Trinajstić information content (AvgIpc) is 2.83. The molecule has 0 heterocycles. The molecule has 0 radical (unpaired) electrons. The summed E-state index contributed by atoms with van der Waals surface area (Å²) in [6.07, 6.45) is 25.8. The molecule has 2 saturated carbocycles. The van der Waals surface area contributed by atoms with E-state index in [1.54, 1.807) is 6.07 Å². The van der Waals surface area contributed by atoms with Crippen molar-refractivity contribution in [1.29, 1.82) is 5.26 Å². The van der Waals surface area contributed by atoms with Crippen LogP contribution in [0.15, 0.2) is 24.3 Å². The van der Waals surface area contributed by atoms with Gasteiger partial charge in [-0.25, -0.2) is 8.78 Å². The van der Waals surface area contributed by atoms with E-state index in [1.165, 1.54) is 89.2 Å². The molecular formula is C30H43F2N. The molecule has 0 saturated heterocycles. The predicted octanol–water partition coefficient (Wildman–Crippen LogP) is 9.61. The summed E-state index contributed by atoms with van der Waals surface area (Å²) in [4.78, 5) is 0. The lowest BCUT2D eigenvalue weighted by Crippen LogP contribution is -2.15. The fourth-order valence-corrected chi connectivity index (χ4v) is 5.95. The molecule has 1 nitrogen and oxygen atoms in total. The lowest BCUT2D eigenvalue weighted by atomic mass is 9.76. The SMILES string of the molecule is CCCCCCCCCC1CCC(C=CC2CCC(c3cc(F)c(C#N)c(F)c3)CC2)CC1. The van der Waals surface area contributed by atoms with Gasteiger partial charge >= 0.3 is 0 Å². The van der Waals surface area contributed by atoms with Gasteiger partial charge in [-0.15, -0.1) is 0 Å². The van der Waals surface area contributed by atoms with E-state index < -0.39 is 17.2 Å². The smallest absolute Gasteiger partial charge is 0.144 e. The standard InChI is InChI=1S/C30H43F2N/c1-2-3-4-5-6-7-8-9-23-10-12-24(13-11-23)14-15-25-16-18-26(19-17-25)27-20-29(31)28(22-33)30(32)21-27/h14-15,20-21,23-26H,2-13,16-19H2,1H3. The van der Waals surface area contributed by atoms with Crippen LogP contribution in [-0.2, 0) is 0 Å². The first-order valence-electron chi connectivity index (χ1n) is 13.7. The van der Waals surface area contributed by atoms with Crippen molar-refractivity contribution in [1.82, 2.24) is 0 Å². The van der Waals surface area contributed by atoms with E-state index in [2.05, 4.69) is 19.1 Å². The molecule has 2 aliphatic rings. The minimum absolute atomic E-state index is 0.202. The molecule has 182 valence electrons. The Hall–Kier alpha value is -1.69. The van der Waals surface area contributed by atoms with Crippen molar-refractivity contribution in [3.8, 4) is 6.07 Å². The van der Waals surface area contributed by atoms with Gasteiger partial charge in [0.05, 0.1) is 0 Å². The fourth-order valence-electron chi connectivity index (χ4n) is 5.95. The maximum Gasteiger partial charge on any atom is 0.144 e. The van der Waals surface area contributed by atoms with Gasteiger partial charge < -0.3 is 0 Å². The van der Waals surface area contributed by atoms with E-state index in [-0.39, 0.29) is 5.92 Å². The van der Waals surface area contributed by atoms with Crippen LogP contribution in [0.4, 0.5) is 8.78 Å². The summed E-state index contributed by atoms with van der Waals surface area (Å²) >= 11 is 0. The number of hydrogen-bond donors (Lipinski definition) is 0. The van der Waals surface area contributed by atoms with Gasteiger partial charge in [0.25, 0.3) is 0 Å². The van der Waals surface area contributed by atoms with Crippen molar-refractivity contribution in [2.45, 2.75) is 116 Å². The van der Waals surface area contributed by atoms with Gasteiger partial charge in [0, 0.05) is 0 Å². The van der Waals surface area contributed by atoms with E-state index in [1.807, 2.05) is 0 Å². The van der Waals surface area contributed by atoms with Crippen LogP contribution >= 0.6 is 0 Å². The van der Waals surface area contributed by atoms with Crippen LogP contribution in [0.5, 0.6) is 0 Å². The van der Waals surface area contributed by atoms with E-state index in [0.717, 1.165) is 37.5 Å². The Morgan fingerprint density at radius 1 is 0.788 bits per heavy atom. The molecule has 0 atom stereocenters. The van der Waals surface area contributed by atoms with Crippen molar-refractivity contribution in [2.75, 3.05) is 0 Å². The van der Waals surface area contributed by atoms with Crippen molar-refractivity contribution < 1.29 is 8.78 Å². The molecule has 3 rings (SSSR count). The molecular weight excluding hydrogens is 412 g/mol. The quantitative estimate of drug-likeness (QED) is 0.241. The average molecular weight is 456 g/mol. The summed E-state index contributed by atoms with van der Waals surface area (Å²) in [7, 11) is 0. The van der Waals surface area contributed by atoms with Crippen LogP contribution in [0.3, 0.4) is 0 Å². The second-order valence-electron chi connectivity index (χ2n) is 10.7. The second kappa shape index (κ2) is 13.9. The number of unbranched alkanes of at least 4 members (excludes halogenated alkanes) is 6. The van der Waals surface area contributed by atoms with Crippen molar-refractivity contribution >= 4 is 0 Å². The summed E-state index contributed by atoms with van der Waals surface area (Å²) in [5.41, 5.74) is 0.248. The topological polar surface area (TPSA) is 23.8 Å². The highest BCUT2D eigenvalue weighted by Gasteiger charge is 2.24. The highest BCUT2D eigenvalue weighted by Crippen LogP contribution is 2.38. The largest absolute Gasteiger partial charge is 0.205 e. The number of nitrogens with zero attached hydrogens (tertiary/aromatic N) is 1. The Morgan fingerprint density at radius 2 is 1.30 bits per heavy atom. The first-order chi connectivity index (χ1) is 16.1. The Bertz CT molecular complexity index is 754. The molecule has 2 aliphatic carbocycles. The lowest BCUT2D eigenvalue weighted by Gasteiger charge is -2.29. The molecule has 33 heavy (non-hydrogen) atoms. The lowest BCUT2D eigenvalue weighted by molar-refractivity contribution is 0.287. The summed E-state index contributed by atoms with van der Waals surface area (Å²) in [6.45, 7) is 2.28. The van der Waals surface area contributed by atoms with Gasteiger partial charge in [-0.3, -0.25) is 0 Å². The van der Waals surface area contributed by atoms with Crippen LogP contribution < -0.4 is 0 Å². The summed E-state index contributed by atoms with van der Waals surface area (Å²) in [5.74, 6) is 1.05. The van der Waals surface area contributed by atoms with Crippen molar-refractivity contribution in [3.63, 3.8) is 0 Å². The van der Waals surface area contributed by atoms with Gasteiger partial charge in [0.15, 0.2) is 0 Å². The van der Waals surface area contributed by atoms with Crippen molar-refractivity contribution in [2.24, 2.45) is 17.8 Å². The first-order valence-corrected chi connectivity index (χ1v) is 13.7. The highest BCUT2D eigenvalue weighted by atomic mass is 19.1. The van der Waals surface area contributed by atoms with Gasteiger partial charge in [-0.1, -0.05) is 70.4 Å². The molecule has 1 aromatic rings. The maximum atomic E-state index is 14.0. The summed E-state index contributed by atoms with van der Waals surface area (Å²) < 4.78 is 27.9. The minimum atomic E-state index is -0.725. The molecule has 0 aliphatic heterocycles. The fraction of sp³-hybridized carbons (Fsp3) is 0.700. The Kier molecular flexibility index (Phi) is 10.9. The monoisotopic (exact) mass is 455 g/mol. The van der Waals surface area contributed by atoms with Gasteiger partial charge in [-0.05, 0) is 92.7 Å². The third-order valence-electron chi connectivity index (χ3n) is 8.18. The van der Waals surface area contributed by atoms with Crippen LogP contribution in [-0.4, -0.2) is 0 Å². The number of nitriles is 1. The molecule has 0 unspecified atom stereocenters. The third-order valence-corrected chi connectivity index (χ3v) is 8.18. The first kappa shape index (κ1) is 25.9. The Balaban J connectivity index is 1.32. The van der Waals surface area contributed by atoms with Crippen molar-refractivity contribution in [3.05, 3.63) is 47.0 Å². The highest BCUT2D eigenvalue weighted by molar-refractivity contribution is 5.36. The summed E-state index contributed by atoms with van der Waals surface area (Å²) in [5, 5.41) is 8.86. The Labute approximate surface area is 200 Å². The van der Waals surface area contributed by atoms with Crippen LogP contribution in [0, 0.1) is 40.7 Å². The molecule has 0 bridgehead atoms. The van der Waals surface area contributed by atoms with E-state index in [4.69, 9.17) is 5.26 Å². The molecule has 1 aromatic carbocycles. The number of rotatable bonds is 11. The van der Waals surface area contributed by atoms with Crippen LogP contribution in [0.2, 0.25) is 0 Å². The van der Waals surface area contributed by atoms with E-state index in [9.17, 15) is 8.78 Å². The molecule has 0 N–H and O–H groups in total. The zero-order valence-electron chi connectivity index (χ0n) is 20.6. The molecule has 0 aromatic heterocycles. The van der Waals surface area contributed by atoms with E-state index >= 15 is 0 Å². The Morgan fingerprint density at radius 3 is 1.85 bits per heavy atom. The molecule has 0 spiro atoms. The van der Waals surface area contributed by atoms with Gasteiger partial charge in [0.1, 0.15) is 23.3 Å². The zero-order chi connectivity index (χ0) is 23.5. The van der Waals surface area contributed by atoms with Gasteiger partial charge in [0.2, 0.25) is 0 Å². The minimum Gasteiger partial charge on any atom is -0.205 e. The molecule has 3 heteroatoms. The summed E-state index contributed by atoms with van der Waals surface area (Å²) in [6, 6.07) is 4.35. The number of benzene rings is 1. The number of halogens is 2. The van der Waals surface area contributed by atoms with Crippen LogP contribution in [0.25, 0.3) is 0 Å². The predicted molar refractivity (Wildman–Crippen MR) is 133 cm³/mol. The van der Waals surface area contributed by atoms with Crippen LogP contribution in [0.1, 0.15) is 127 Å². The molecule has 0 amide bonds. The number of allylic oxidation sites excluding steroid dienone is 2.